The van der Waals surface area contributed by atoms with Gasteiger partial charge in [0.05, 0.1) is 22.7 Å². The third kappa shape index (κ3) is 5.09. The van der Waals surface area contributed by atoms with E-state index in [9.17, 15) is 5.26 Å². The van der Waals surface area contributed by atoms with Crippen molar-refractivity contribution in [1.29, 1.82) is 5.26 Å². The van der Waals surface area contributed by atoms with Gasteiger partial charge in [-0.3, -0.25) is 0 Å². The van der Waals surface area contributed by atoms with E-state index in [0.29, 0.717) is 5.56 Å². The van der Waals surface area contributed by atoms with Gasteiger partial charge in [0.2, 0.25) is 0 Å². The second-order valence-corrected chi connectivity index (χ2v) is 19.9. The van der Waals surface area contributed by atoms with Crippen LogP contribution in [0.2, 0.25) is 0 Å². The van der Waals surface area contributed by atoms with Crippen molar-refractivity contribution in [2.45, 2.75) is 48.5 Å². The maximum absolute atomic E-state index is 9.89. The molecule has 3 nitrogen and oxygen atoms in total. The molecule has 4 heteroatoms. The topological polar surface area (TPSA) is 33.6 Å². The Hall–Kier alpha value is -8.13. The molecule has 0 N–H and O–H groups in total. The third-order valence-corrected chi connectivity index (χ3v) is 15.8. The second kappa shape index (κ2) is 13.7. The molecule has 2 aromatic heterocycles. The van der Waals surface area contributed by atoms with Crippen LogP contribution in [-0.4, -0.2) is 15.9 Å². The minimum atomic E-state index is -0.130. The lowest BCUT2D eigenvalue weighted by Crippen LogP contribution is -2.55. The first-order chi connectivity index (χ1) is 33.1. The summed E-state index contributed by atoms with van der Waals surface area (Å²) in [6.07, 6.45) is 0. The highest BCUT2D eigenvalue weighted by Crippen LogP contribution is 2.50. The highest BCUT2D eigenvalue weighted by molar-refractivity contribution is 6.90. The van der Waals surface area contributed by atoms with Crippen LogP contribution in [0.3, 0.4) is 0 Å². The molecule has 0 radical (unpaired) electrons. The maximum atomic E-state index is 9.89. The van der Waals surface area contributed by atoms with Crippen LogP contribution >= 0.6 is 0 Å². The van der Waals surface area contributed by atoms with E-state index in [1.165, 1.54) is 160 Å². The molecule has 0 amide bonds. The summed E-state index contributed by atoms with van der Waals surface area (Å²) in [6, 6.07) is 59.8. The minimum Gasteiger partial charge on any atom is -0.375 e. The summed E-state index contributed by atoms with van der Waals surface area (Å²) in [5.74, 6) is 0. The van der Waals surface area contributed by atoms with Gasteiger partial charge in [0.1, 0.15) is 0 Å². The molecule has 14 rings (SSSR count). The van der Waals surface area contributed by atoms with Crippen LogP contribution in [0, 0.1) is 59.8 Å². The standard InChI is InChI=1S/C64H46BN3/c1-34-24-36(3)57(37(4)25-34)45-21-22-54-50(29-45)51-30-46(58-38(5)26-35(2)27-39(58)6)31-53-63(51)67(54)56-32-49(43-18-16-41(33-66)17-19-43)40(7)59-52-28-44-13-9-11-15-48(44)61-60-47-14-10-8-12-42(47)20-23-55(60)68(64(52)61)65(53)62(56)59/h8-32H,1-7H3. The lowest BCUT2D eigenvalue weighted by molar-refractivity contribution is 1.17. The van der Waals surface area contributed by atoms with Crippen LogP contribution in [0.15, 0.2) is 152 Å². The first-order valence-electron chi connectivity index (χ1n) is 23.9. The van der Waals surface area contributed by atoms with E-state index < -0.39 is 0 Å². The highest BCUT2D eigenvalue weighted by atomic mass is 15.0. The van der Waals surface area contributed by atoms with Gasteiger partial charge in [0.15, 0.2) is 0 Å². The molecular weight excluding hydrogens is 822 g/mol. The van der Waals surface area contributed by atoms with Gasteiger partial charge in [-0.25, -0.2) is 0 Å². The smallest absolute Gasteiger partial charge is 0.333 e. The molecule has 0 atom stereocenters. The lowest BCUT2D eigenvalue weighted by Gasteiger charge is -2.36. The van der Waals surface area contributed by atoms with Crippen molar-refractivity contribution in [3.05, 3.63) is 196 Å². The number of nitrogens with zero attached hydrogens (tertiary/aromatic N) is 3. The summed E-state index contributed by atoms with van der Waals surface area (Å²) >= 11 is 0. The molecule has 0 bridgehead atoms. The van der Waals surface area contributed by atoms with Gasteiger partial charge in [-0.15, -0.1) is 0 Å². The molecule has 0 spiro atoms. The molecule has 0 aliphatic carbocycles. The fourth-order valence-corrected chi connectivity index (χ4v) is 13.4. The molecule has 0 saturated carbocycles. The highest BCUT2D eigenvalue weighted by Gasteiger charge is 2.43. The number of aryl methyl sites for hydroxylation is 6. The van der Waals surface area contributed by atoms with Gasteiger partial charge in [-0.1, -0.05) is 114 Å². The molecule has 4 heterocycles. The number of nitriles is 1. The van der Waals surface area contributed by atoms with Gasteiger partial charge in [0, 0.05) is 43.8 Å². The molecule has 0 unspecified atom stereocenters. The Morgan fingerprint density at radius 1 is 0.456 bits per heavy atom. The average Bonchev–Trinajstić information content (AvgIpc) is 3.85. The van der Waals surface area contributed by atoms with E-state index in [1.54, 1.807) is 0 Å². The van der Waals surface area contributed by atoms with E-state index in [-0.39, 0.29) is 6.85 Å². The predicted molar refractivity (Wildman–Crippen MR) is 289 cm³/mol. The molecule has 0 saturated heterocycles. The average molecular weight is 868 g/mol. The molecule has 68 heavy (non-hydrogen) atoms. The number of aromatic nitrogens is 2. The largest absolute Gasteiger partial charge is 0.375 e. The van der Waals surface area contributed by atoms with Crippen LogP contribution in [0.1, 0.15) is 44.5 Å². The molecule has 320 valence electrons. The van der Waals surface area contributed by atoms with Gasteiger partial charge in [-0.05, 0) is 196 Å². The van der Waals surface area contributed by atoms with E-state index >= 15 is 0 Å². The van der Waals surface area contributed by atoms with Crippen molar-refractivity contribution < 1.29 is 0 Å². The van der Waals surface area contributed by atoms with Crippen LogP contribution in [0.5, 0.6) is 0 Å². The van der Waals surface area contributed by atoms with Crippen molar-refractivity contribution in [3.63, 3.8) is 0 Å². The van der Waals surface area contributed by atoms with Gasteiger partial charge in [0.25, 0.3) is 0 Å². The summed E-state index contributed by atoms with van der Waals surface area (Å²) in [6.45, 7) is 15.7. The Morgan fingerprint density at radius 2 is 1.06 bits per heavy atom. The number of benzene rings is 10. The van der Waals surface area contributed by atoms with Gasteiger partial charge < -0.3 is 9.05 Å². The monoisotopic (exact) mass is 867 g/mol. The van der Waals surface area contributed by atoms with Gasteiger partial charge >= 0.3 is 6.85 Å². The number of hydrogen-bond acceptors (Lipinski definition) is 1. The summed E-state index contributed by atoms with van der Waals surface area (Å²) in [4.78, 5) is 0. The zero-order valence-electron chi connectivity index (χ0n) is 39.4. The SMILES string of the molecule is Cc1cc(C)c(-c2ccc3c(c2)c2cc(-c4c(C)cc(C)cc4C)cc4c2n3-c2cc(-c3ccc(C#N)cc3)c(C)c3c2B4n2c4ccc5ccccc5c4c4c5ccccc5cc-3c42)c(C)c1. The molecule has 0 fully saturated rings. The summed E-state index contributed by atoms with van der Waals surface area (Å²) in [5, 5.41) is 20.1. The fraction of sp³-hybridized carbons (Fsp3) is 0.109. The first kappa shape index (κ1) is 39.1. The van der Waals surface area contributed by atoms with E-state index in [1.807, 2.05) is 12.1 Å². The quantitative estimate of drug-likeness (QED) is 0.163. The van der Waals surface area contributed by atoms with Crippen LogP contribution < -0.4 is 10.9 Å². The van der Waals surface area contributed by atoms with E-state index in [2.05, 4.69) is 203 Å². The molecule has 2 aliphatic heterocycles. The van der Waals surface area contributed by atoms with E-state index in [0.717, 1.165) is 5.56 Å². The number of rotatable bonds is 3. The Morgan fingerprint density at radius 3 is 1.75 bits per heavy atom. The van der Waals surface area contributed by atoms with Crippen LogP contribution in [0.4, 0.5) is 0 Å². The maximum Gasteiger partial charge on any atom is 0.333 e. The zero-order valence-corrected chi connectivity index (χ0v) is 39.4. The molecule has 12 aromatic rings. The molecule has 10 aromatic carbocycles. The van der Waals surface area contributed by atoms with Crippen molar-refractivity contribution in [2.75, 3.05) is 0 Å². The van der Waals surface area contributed by atoms with Crippen LogP contribution in [-0.2, 0) is 0 Å². The van der Waals surface area contributed by atoms with Crippen molar-refractivity contribution in [2.24, 2.45) is 0 Å². The molecular formula is C64H46BN3. The predicted octanol–water partition coefficient (Wildman–Crippen LogP) is 15.2. The number of fused-ring (bicyclic) bond motifs is 14. The Labute approximate surface area is 396 Å². The molecule has 2 aliphatic rings. The van der Waals surface area contributed by atoms with E-state index in [4.69, 9.17) is 0 Å². The Kier molecular flexibility index (Phi) is 7.89. The Bertz CT molecular complexity index is 4300. The fourth-order valence-electron chi connectivity index (χ4n) is 13.4. The normalized spacial score (nSPS) is 12.6. The summed E-state index contributed by atoms with van der Waals surface area (Å²) in [7, 11) is 0. The summed E-state index contributed by atoms with van der Waals surface area (Å²) < 4.78 is 5.36. The van der Waals surface area contributed by atoms with Crippen molar-refractivity contribution in [1.82, 2.24) is 9.05 Å². The van der Waals surface area contributed by atoms with Crippen LogP contribution in [0.25, 0.3) is 115 Å². The summed E-state index contributed by atoms with van der Waals surface area (Å²) in [5.41, 5.74) is 28.5. The second-order valence-electron chi connectivity index (χ2n) is 19.9. The number of hydrogen-bond donors (Lipinski definition) is 0. The van der Waals surface area contributed by atoms with Crippen molar-refractivity contribution >= 4 is 82.9 Å². The Balaban J connectivity index is 1.22. The van der Waals surface area contributed by atoms with Gasteiger partial charge in [-0.2, -0.15) is 5.26 Å². The van der Waals surface area contributed by atoms with Crippen molar-refractivity contribution in [3.8, 4) is 56.3 Å². The lowest BCUT2D eigenvalue weighted by atomic mass is 9.45. The third-order valence-electron chi connectivity index (χ3n) is 15.8. The first-order valence-corrected chi connectivity index (χ1v) is 23.9. The minimum absolute atomic E-state index is 0.130. The zero-order chi connectivity index (χ0) is 46.0.